The van der Waals surface area contributed by atoms with E-state index in [9.17, 15) is 9.59 Å². The van der Waals surface area contributed by atoms with Crippen molar-refractivity contribution in [2.75, 3.05) is 13.7 Å². The average Bonchev–Trinajstić information content (AvgIpc) is 2.84. The van der Waals surface area contributed by atoms with Crippen molar-refractivity contribution in [3.63, 3.8) is 0 Å². The van der Waals surface area contributed by atoms with E-state index in [2.05, 4.69) is 18.6 Å². The highest BCUT2D eigenvalue weighted by atomic mass is 16.6. The summed E-state index contributed by atoms with van der Waals surface area (Å²) in [5.74, 6) is 0.0133. The number of esters is 2. The normalized spacial score (nSPS) is 12.3. The van der Waals surface area contributed by atoms with Crippen LogP contribution in [0.4, 0.5) is 0 Å². The second-order valence-corrected chi connectivity index (χ2v) is 5.52. The molecule has 1 atom stereocenters. The number of carbonyl (C=O) groups is 2. The van der Waals surface area contributed by atoms with Crippen LogP contribution in [-0.4, -0.2) is 31.8 Å². The van der Waals surface area contributed by atoms with Gasteiger partial charge in [-0.3, -0.25) is 0 Å². The molecule has 1 rings (SSSR count). The van der Waals surface area contributed by atoms with Crippen LogP contribution in [0.1, 0.15) is 49.1 Å². The third kappa shape index (κ3) is 5.52. The lowest BCUT2D eigenvalue weighted by Crippen LogP contribution is -2.24. The van der Waals surface area contributed by atoms with Gasteiger partial charge in [-0.15, -0.1) is 0 Å². The van der Waals surface area contributed by atoms with E-state index in [0.717, 1.165) is 6.42 Å². The third-order valence-electron chi connectivity index (χ3n) is 3.09. The van der Waals surface area contributed by atoms with E-state index in [-0.39, 0.29) is 12.4 Å². The van der Waals surface area contributed by atoms with Crippen LogP contribution in [0.15, 0.2) is 10.5 Å². The molecule has 0 amide bonds. The second kappa shape index (κ2) is 8.58. The summed E-state index contributed by atoms with van der Waals surface area (Å²) >= 11 is 0. The lowest BCUT2D eigenvalue weighted by Gasteiger charge is -2.12. The van der Waals surface area contributed by atoms with Crippen molar-refractivity contribution in [2.24, 2.45) is 5.92 Å². The van der Waals surface area contributed by atoms with Crippen LogP contribution in [0, 0.1) is 12.8 Å². The van der Waals surface area contributed by atoms with Crippen LogP contribution in [-0.2, 0) is 25.6 Å². The Labute approximate surface area is 130 Å². The molecule has 0 spiro atoms. The van der Waals surface area contributed by atoms with E-state index in [1.807, 2.05) is 0 Å². The Morgan fingerprint density at radius 1 is 1.27 bits per heavy atom. The van der Waals surface area contributed by atoms with Gasteiger partial charge in [0.05, 0.1) is 7.11 Å². The van der Waals surface area contributed by atoms with Crippen LogP contribution in [0.3, 0.4) is 0 Å². The Morgan fingerprint density at radius 3 is 2.55 bits per heavy atom. The van der Waals surface area contributed by atoms with Gasteiger partial charge in [0.2, 0.25) is 5.76 Å². The van der Waals surface area contributed by atoms with Gasteiger partial charge in [-0.2, -0.15) is 0 Å². The summed E-state index contributed by atoms with van der Waals surface area (Å²) in [4.78, 5) is 23.2. The highest BCUT2D eigenvalue weighted by molar-refractivity contribution is 5.87. The van der Waals surface area contributed by atoms with E-state index in [1.165, 1.54) is 7.11 Å². The first kappa shape index (κ1) is 18.2. The minimum absolute atomic E-state index is 0.0471. The fourth-order valence-corrected chi connectivity index (χ4v) is 1.72. The van der Waals surface area contributed by atoms with Crippen LogP contribution < -0.4 is 0 Å². The first-order valence-electron chi connectivity index (χ1n) is 7.31. The Balaban J connectivity index is 2.45. The Hall–Kier alpha value is -1.82. The van der Waals surface area contributed by atoms with Crippen LogP contribution in [0.25, 0.3) is 0 Å². The molecule has 124 valence electrons. The third-order valence-corrected chi connectivity index (χ3v) is 3.09. The van der Waals surface area contributed by atoms with Crippen molar-refractivity contribution in [1.29, 1.82) is 0 Å². The van der Waals surface area contributed by atoms with E-state index < -0.39 is 18.0 Å². The van der Waals surface area contributed by atoms with E-state index in [1.54, 1.807) is 19.9 Å². The first-order chi connectivity index (χ1) is 10.3. The van der Waals surface area contributed by atoms with E-state index in [4.69, 9.17) is 13.9 Å². The molecule has 1 unspecified atom stereocenters. The van der Waals surface area contributed by atoms with Crippen molar-refractivity contribution in [3.05, 3.63) is 23.2 Å². The average molecular weight is 312 g/mol. The van der Waals surface area contributed by atoms with Crippen molar-refractivity contribution < 1.29 is 28.2 Å². The van der Waals surface area contributed by atoms with Crippen molar-refractivity contribution in [1.82, 2.24) is 0 Å². The van der Waals surface area contributed by atoms with Gasteiger partial charge in [0.25, 0.3) is 0 Å². The van der Waals surface area contributed by atoms with Crippen LogP contribution in [0.5, 0.6) is 0 Å². The largest absolute Gasteiger partial charge is 0.463 e. The first-order valence-corrected chi connectivity index (χ1v) is 7.31. The van der Waals surface area contributed by atoms with Crippen molar-refractivity contribution in [2.45, 2.75) is 46.8 Å². The summed E-state index contributed by atoms with van der Waals surface area (Å²) in [7, 11) is 1.28. The van der Waals surface area contributed by atoms with Crippen molar-refractivity contribution >= 4 is 11.9 Å². The molecule has 1 aromatic rings. The van der Waals surface area contributed by atoms with Gasteiger partial charge in [-0.1, -0.05) is 13.8 Å². The fourth-order valence-electron chi connectivity index (χ4n) is 1.72. The number of carbonyl (C=O) groups excluding carboxylic acids is 2. The summed E-state index contributed by atoms with van der Waals surface area (Å²) in [6, 6.07) is 1.64. The number of ether oxygens (including phenoxy) is 3. The number of hydrogen-bond acceptors (Lipinski definition) is 6. The highest BCUT2D eigenvalue weighted by Gasteiger charge is 2.19. The number of rotatable bonds is 8. The molecule has 0 saturated heterocycles. The molecule has 0 N–H and O–H groups in total. The smallest absolute Gasteiger partial charge is 0.374 e. The van der Waals surface area contributed by atoms with Crippen molar-refractivity contribution in [3.8, 4) is 0 Å². The van der Waals surface area contributed by atoms with Gasteiger partial charge >= 0.3 is 11.9 Å². The predicted octanol–water partition coefficient (Wildman–Crippen LogP) is 2.87. The summed E-state index contributed by atoms with van der Waals surface area (Å²) in [6.07, 6.45) is 0.257. The molecule has 0 fully saturated rings. The quantitative estimate of drug-likeness (QED) is 0.687. The summed E-state index contributed by atoms with van der Waals surface area (Å²) in [6.45, 7) is 8.01. The zero-order valence-corrected chi connectivity index (χ0v) is 13.8. The highest BCUT2D eigenvalue weighted by Crippen LogP contribution is 2.16. The Bertz CT molecular complexity index is 503. The standard InChI is InChI=1S/C16H24O6/c1-10(2)6-7-20-12(4)15(17)21-9-13-8-11(3)14(22-13)16(18)19-5/h8,10,12H,6-7,9H2,1-5H3. The molecule has 1 heterocycles. The van der Waals surface area contributed by atoms with Gasteiger partial charge in [-0.25, -0.2) is 9.59 Å². The topological polar surface area (TPSA) is 75.0 Å². The number of furan rings is 1. The Kier molecular flexibility index (Phi) is 7.11. The molecule has 0 aliphatic heterocycles. The molecule has 22 heavy (non-hydrogen) atoms. The summed E-state index contributed by atoms with van der Waals surface area (Å²) < 4.78 is 20.4. The minimum atomic E-state index is -0.630. The van der Waals surface area contributed by atoms with E-state index >= 15 is 0 Å². The molecule has 0 aromatic carbocycles. The monoisotopic (exact) mass is 312 g/mol. The molecule has 1 aromatic heterocycles. The minimum Gasteiger partial charge on any atom is -0.463 e. The maximum atomic E-state index is 11.8. The van der Waals surface area contributed by atoms with Gasteiger partial charge < -0.3 is 18.6 Å². The molecule has 0 saturated carbocycles. The van der Waals surface area contributed by atoms with Gasteiger partial charge in [0, 0.05) is 12.2 Å². The zero-order valence-electron chi connectivity index (χ0n) is 13.8. The van der Waals surface area contributed by atoms with Gasteiger partial charge in [0.1, 0.15) is 12.4 Å². The van der Waals surface area contributed by atoms with Crippen LogP contribution >= 0.6 is 0 Å². The molecule has 0 aliphatic carbocycles. The fraction of sp³-hybridized carbons (Fsp3) is 0.625. The summed E-state index contributed by atoms with van der Waals surface area (Å²) in [5.41, 5.74) is 0.638. The van der Waals surface area contributed by atoms with E-state index in [0.29, 0.717) is 23.8 Å². The maximum absolute atomic E-state index is 11.8. The van der Waals surface area contributed by atoms with Crippen LogP contribution in [0.2, 0.25) is 0 Å². The molecule has 6 heteroatoms. The number of hydrogen-bond donors (Lipinski definition) is 0. The number of methoxy groups -OCH3 is 1. The lowest BCUT2D eigenvalue weighted by atomic mass is 10.1. The van der Waals surface area contributed by atoms with Gasteiger partial charge in [-0.05, 0) is 32.3 Å². The molecule has 0 aliphatic rings. The molecular formula is C16H24O6. The molecule has 6 nitrogen and oxygen atoms in total. The summed E-state index contributed by atoms with van der Waals surface area (Å²) in [5, 5.41) is 0. The predicted molar refractivity (Wildman–Crippen MR) is 79.4 cm³/mol. The molecule has 0 radical (unpaired) electrons. The second-order valence-electron chi connectivity index (χ2n) is 5.52. The van der Waals surface area contributed by atoms with Gasteiger partial charge in [0.15, 0.2) is 6.10 Å². The lowest BCUT2D eigenvalue weighted by molar-refractivity contribution is -0.158. The SMILES string of the molecule is COC(=O)c1oc(COC(=O)C(C)OCCC(C)C)cc1C. The maximum Gasteiger partial charge on any atom is 0.374 e. The number of aryl methyl sites for hydroxylation is 1. The Morgan fingerprint density at radius 2 is 1.95 bits per heavy atom. The molecular weight excluding hydrogens is 288 g/mol. The zero-order chi connectivity index (χ0) is 16.7. The molecule has 0 bridgehead atoms.